The molecule has 2 saturated heterocycles. The Kier molecular flexibility index (Phi) is 3.32. The highest BCUT2D eigenvalue weighted by molar-refractivity contribution is 7.99. The van der Waals surface area contributed by atoms with Gasteiger partial charge in [0.05, 0.1) is 5.75 Å². The van der Waals surface area contributed by atoms with Gasteiger partial charge in [-0.2, -0.15) is 4.98 Å². The van der Waals surface area contributed by atoms with Crippen molar-refractivity contribution in [2.45, 2.75) is 43.3 Å². The Balaban J connectivity index is 1.42. The van der Waals surface area contributed by atoms with E-state index in [-0.39, 0.29) is 5.91 Å². The fraction of sp³-hybridized carbons (Fsp3) is 0.786. The summed E-state index contributed by atoms with van der Waals surface area (Å²) < 4.78 is 0. The number of nitrogens with two attached hydrogens (primary N) is 1. The van der Waals surface area contributed by atoms with E-state index in [0.29, 0.717) is 22.9 Å². The van der Waals surface area contributed by atoms with Crippen molar-refractivity contribution in [1.29, 1.82) is 0 Å². The molecule has 0 aromatic carbocycles. The predicted octanol–water partition coefficient (Wildman–Crippen LogP) is 1.52. The molecule has 0 radical (unpaired) electrons. The topological polar surface area (TPSA) is 87.9 Å². The van der Waals surface area contributed by atoms with E-state index in [1.807, 2.05) is 0 Å². The van der Waals surface area contributed by atoms with Gasteiger partial charge >= 0.3 is 0 Å². The Morgan fingerprint density at radius 2 is 1.95 bits per heavy atom. The van der Waals surface area contributed by atoms with E-state index in [2.05, 4.69) is 20.1 Å². The van der Waals surface area contributed by atoms with E-state index in [9.17, 15) is 4.79 Å². The molecule has 4 fully saturated rings. The SMILES string of the molecule is Nc1nc(SCC(=O)N2CC3C[C@@H]4CC2C[C@H](C3)C4)n[nH]1. The molecule has 2 aliphatic heterocycles. The molecular weight excluding hydrogens is 286 g/mol. The van der Waals surface area contributed by atoms with Crippen LogP contribution in [0.5, 0.6) is 0 Å². The van der Waals surface area contributed by atoms with Crippen molar-refractivity contribution in [2.24, 2.45) is 17.8 Å². The van der Waals surface area contributed by atoms with Crippen LogP contribution in [-0.2, 0) is 4.79 Å². The van der Waals surface area contributed by atoms with Gasteiger partial charge in [-0.3, -0.25) is 4.79 Å². The second-order valence-corrected chi connectivity index (χ2v) is 7.71. The first-order valence-electron chi connectivity index (χ1n) is 7.77. The van der Waals surface area contributed by atoms with Crippen LogP contribution in [0.2, 0.25) is 0 Å². The Morgan fingerprint density at radius 1 is 1.24 bits per heavy atom. The number of aromatic nitrogens is 3. The molecule has 6 nitrogen and oxygen atoms in total. The van der Waals surface area contributed by atoms with Crippen molar-refractivity contribution < 1.29 is 4.79 Å². The maximum absolute atomic E-state index is 12.6. The zero-order chi connectivity index (χ0) is 14.4. The summed E-state index contributed by atoms with van der Waals surface area (Å²) in [5.74, 6) is 3.42. The Morgan fingerprint density at radius 3 is 2.62 bits per heavy atom. The van der Waals surface area contributed by atoms with Crippen LogP contribution >= 0.6 is 11.8 Å². The van der Waals surface area contributed by atoms with Gasteiger partial charge in [-0.1, -0.05) is 11.8 Å². The molecule has 21 heavy (non-hydrogen) atoms. The zero-order valence-electron chi connectivity index (χ0n) is 12.0. The number of nitrogens with zero attached hydrogens (tertiary/aromatic N) is 3. The minimum atomic E-state index is 0.238. The third-order valence-corrected chi connectivity index (χ3v) is 6.07. The molecule has 1 aromatic rings. The summed E-state index contributed by atoms with van der Waals surface area (Å²) in [7, 11) is 0. The first kappa shape index (κ1) is 13.4. The molecule has 114 valence electrons. The van der Waals surface area contributed by atoms with Crippen LogP contribution in [0.25, 0.3) is 0 Å². The standard InChI is InChI=1S/C14H21N5OS/c15-13-16-14(18-17-13)21-7-12(20)19-6-10-2-8-1-9(3-10)5-11(19)4-8/h8-11H,1-7H2,(H3,15,16,17,18)/t8-,9+,10?,11?. The van der Waals surface area contributed by atoms with Gasteiger partial charge in [0.15, 0.2) is 0 Å². The molecule has 2 saturated carbocycles. The Labute approximate surface area is 128 Å². The minimum absolute atomic E-state index is 0.238. The minimum Gasteiger partial charge on any atom is -0.368 e. The zero-order valence-corrected chi connectivity index (χ0v) is 12.8. The molecule has 3 N–H and O–H groups in total. The molecule has 2 unspecified atom stereocenters. The van der Waals surface area contributed by atoms with Gasteiger partial charge < -0.3 is 10.6 Å². The van der Waals surface area contributed by atoms with Crippen molar-refractivity contribution in [3.05, 3.63) is 0 Å². The van der Waals surface area contributed by atoms with Gasteiger partial charge in [-0.15, -0.1) is 5.10 Å². The van der Waals surface area contributed by atoms with E-state index in [4.69, 9.17) is 5.73 Å². The van der Waals surface area contributed by atoms with Crippen LogP contribution in [-0.4, -0.2) is 44.3 Å². The highest BCUT2D eigenvalue weighted by Crippen LogP contribution is 2.47. The molecule has 4 atom stereocenters. The molecule has 1 aromatic heterocycles. The van der Waals surface area contributed by atoms with Gasteiger partial charge in [-0.05, 0) is 49.9 Å². The van der Waals surface area contributed by atoms with Crippen molar-refractivity contribution in [3.8, 4) is 0 Å². The molecule has 1 amide bonds. The predicted molar refractivity (Wildman–Crippen MR) is 80.6 cm³/mol. The summed E-state index contributed by atoms with van der Waals surface area (Å²) >= 11 is 1.37. The number of fused-ring (bicyclic) bond motifs is 1. The van der Waals surface area contributed by atoms with E-state index >= 15 is 0 Å². The smallest absolute Gasteiger partial charge is 0.233 e. The van der Waals surface area contributed by atoms with E-state index < -0.39 is 0 Å². The first-order valence-corrected chi connectivity index (χ1v) is 8.76. The lowest BCUT2D eigenvalue weighted by Crippen LogP contribution is -2.43. The van der Waals surface area contributed by atoms with Crippen molar-refractivity contribution in [3.63, 3.8) is 0 Å². The number of amides is 1. The second kappa shape index (κ2) is 5.19. The lowest BCUT2D eigenvalue weighted by molar-refractivity contribution is -0.131. The van der Waals surface area contributed by atoms with Crippen molar-refractivity contribution in [2.75, 3.05) is 18.0 Å². The number of nitrogen functional groups attached to an aromatic ring is 1. The molecule has 3 heterocycles. The van der Waals surface area contributed by atoms with Gasteiger partial charge in [0, 0.05) is 12.6 Å². The summed E-state index contributed by atoms with van der Waals surface area (Å²) in [6.45, 7) is 0.965. The highest BCUT2D eigenvalue weighted by Gasteiger charge is 2.43. The molecule has 7 heteroatoms. The summed E-state index contributed by atoms with van der Waals surface area (Å²) in [6, 6.07) is 0.478. The summed E-state index contributed by atoms with van der Waals surface area (Å²) in [4.78, 5) is 18.8. The average molecular weight is 307 g/mol. The monoisotopic (exact) mass is 307 g/mol. The average Bonchev–Trinajstić information content (AvgIpc) is 2.76. The number of carbonyl (C=O) groups is 1. The van der Waals surface area contributed by atoms with Gasteiger partial charge in [0.1, 0.15) is 0 Å². The number of H-pyrrole nitrogens is 1. The number of nitrogens with one attached hydrogen (secondary N) is 1. The number of rotatable bonds is 3. The summed E-state index contributed by atoms with van der Waals surface area (Å²) in [6.07, 6.45) is 6.51. The van der Waals surface area contributed by atoms with E-state index in [1.165, 1.54) is 43.9 Å². The van der Waals surface area contributed by atoms with Crippen molar-refractivity contribution in [1.82, 2.24) is 20.1 Å². The maximum Gasteiger partial charge on any atom is 0.233 e. The fourth-order valence-electron chi connectivity index (χ4n) is 4.62. The van der Waals surface area contributed by atoms with Gasteiger partial charge in [-0.25, -0.2) is 5.10 Å². The second-order valence-electron chi connectivity index (χ2n) is 6.77. The number of anilines is 1. The lowest BCUT2D eigenvalue weighted by Gasteiger charge is -2.39. The number of aromatic amines is 1. The van der Waals surface area contributed by atoms with Crippen LogP contribution in [0, 0.1) is 17.8 Å². The third-order valence-electron chi connectivity index (χ3n) is 5.23. The number of hydrogen-bond acceptors (Lipinski definition) is 5. The van der Waals surface area contributed by atoms with Crippen LogP contribution < -0.4 is 5.73 Å². The molecule has 5 rings (SSSR count). The van der Waals surface area contributed by atoms with E-state index in [1.54, 1.807) is 0 Å². The molecule has 0 spiro atoms. The van der Waals surface area contributed by atoms with Gasteiger partial charge in [0.2, 0.25) is 17.0 Å². The Bertz CT molecular complexity index is 533. The molecule has 2 aliphatic carbocycles. The quantitative estimate of drug-likeness (QED) is 0.827. The highest BCUT2D eigenvalue weighted by atomic mass is 32.2. The van der Waals surface area contributed by atoms with Crippen LogP contribution in [0.4, 0.5) is 5.95 Å². The largest absolute Gasteiger partial charge is 0.368 e. The summed E-state index contributed by atoms with van der Waals surface area (Å²) in [5.41, 5.74) is 5.50. The Hall–Kier alpha value is -1.24. The third kappa shape index (κ3) is 2.63. The number of hydrogen-bond donors (Lipinski definition) is 2. The van der Waals surface area contributed by atoms with E-state index in [0.717, 1.165) is 24.3 Å². The molecule has 4 aliphatic rings. The van der Waals surface area contributed by atoms with Gasteiger partial charge in [0.25, 0.3) is 0 Å². The lowest BCUT2D eigenvalue weighted by atomic mass is 9.68. The first-order chi connectivity index (χ1) is 10.2. The van der Waals surface area contributed by atoms with Crippen molar-refractivity contribution >= 4 is 23.6 Å². The molecule has 4 bridgehead atoms. The molecular formula is C14H21N5OS. The van der Waals surface area contributed by atoms with Crippen LogP contribution in [0.15, 0.2) is 5.16 Å². The van der Waals surface area contributed by atoms with Crippen LogP contribution in [0.1, 0.15) is 32.1 Å². The number of thioether (sulfide) groups is 1. The number of carbonyl (C=O) groups excluding carboxylic acids is 1. The maximum atomic E-state index is 12.6. The fourth-order valence-corrected chi connectivity index (χ4v) is 5.31. The summed E-state index contributed by atoms with van der Waals surface area (Å²) in [5, 5.41) is 7.13. The normalized spacial score (nSPS) is 34.2. The van der Waals surface area contributed by atoms with Crippen LogP contribution in [0.3, 0.4) is 0 Å².